The van der Waals surface area contributed by atoms with Crippen LogP contribution in [-0.2, 0) is 44.6 Å². The van der Waals surface area contributed by atoms with E-state index >= 15 is 0 Å². The van der Waals surface area contributed by atoms with Crippen LogP contribution in [0.25, 0.3) is 0 Å². The fraction of sp³-hybridized carbons (Fsp3) is 0.786. The molecule has 0 bridgehead atoms. The Hall–Kier alpha value is -3.13. The summed E-state index contributed by atoms with van der Waals surface area (Å²) < 4.78 is 32.0. The van der Waals surface area contributed by atoms with Gasteiger partial charge in [-0.25, -0.2) is 4.68 Å². The standard InChI is InChI=1S/C42H60N4O9/c1-21-15-35-36(23(3)42(55-35)14-12-31-32-10-9-28-16-30(50)11-13-41(28,8)34(32)17-33(31)22(42)2)45(18-21)19-29-20-46(44-43-29)40-39(54-27(7)49)38(53-26(6)48)37(24(4)51-40)52-25(5)47/h9,20-21,23-24,30-32,34-40,50H,10-19H2,1-8H3/t21-,23+,24?,30-,31-,32-,34-,35+,36-,37-,38?,39-,40+,41-,42-/m0/s1. The molecule has 5 fully saturated rings. The summed E-state index contributed by atoms with van der Waals surface area (Å²) in [6, 6.07) is 0.209. The van der Waals surface area contributed by atoms with E-state index in [9.17, 15) is 19.5 Å². The van der Waals surface area contributed by atoms with Crippen LogP contribution in [0, 0.1) is 35.0 Å². The van der Waals surface area contributed by atoms with E-state index in [1.165, 1.54) is 43.0 Å². The summed E-state index contributed by atoms with van der Waals surface area (Å²) in [5, 5.41) is 19.5. The van der Waals surface area contributed by atoms with Crippen LogP contribution in [0.4, 0.5) is 0 Å². The summed E-state index contributed by atoms with van der Waals surface area (Å²) in [4.78, 5) is 39.1. The van der Waals surface area contributed by atoms with Crippen molar-refractivity contribution in [2.75, 3.05) is 6.54 Å². The molecule has 3 saturated heterocycles. The van der Waals surface area contributed by atoms with E-state index in [1.807, 2.05) is 0 Å². The third-order valence-electron chi connectivity index (χ3n) is 14.9. The number of carbonyl (C=O) groups is 3. The fourth-order valence-electron chi connectivity index (χ4n) is 12.6. The Morgan fingerprint density at radius 2 is 1.69 bits per heavy atom. The van der Waals surface area contributed by atoms with Gasteiger partial charge in [-0.3, -0.25) is 19.3 Å². The van der Waals surface area contributed by atoms with Gasteiger partial charge in [0.25, 0.3) is 0 Å². The van der Waals surface area contributed by atoms with Crippen molar-refractivity contribution < 1.29 is 43.2 Å². The molecule has 13 heteroatoms. The topological polar surface area (TPSA) is 152 Å². The highest BCUT2D eigenvalue weighted by molar-refractivity contribution is 5.68. The number of fused-ring (bicyclic) bond motifs is 6. The Balaban J connectivity index is 1.03. The molecular weight excluding hydrogens is 704 g/mol. The number of ether oxygens (including phenoxy) is 5. The van der Waals surface area contributed by atoms with Gasteiger partial charge in [-0.05, 0) is 99.9 Å². The van der Waals surface area contributed by atoms with Gasteiger partial charge in [0.2, 0.25) is 0 Å². The number of hydrogen-bond donors (Lipinski definition) is 1. The zero-order chi connectivity index (χ0) is 39.1. The van der Waals surface area contributed by atoms with E-state index in [1.54, 1.807) is 18.7 Å². The number of aliphatic hydroxyl groups is 1. The summed E-state index contributed by atoms with van der Waals surface area (Å²) >= 11 is 0. The molecule has 7 aliphatic rings. The highest BCUT2D eigenvalue weighted by atomic mass is 16.7. The van der Waals surface area contributed by atoms with E-state index < -0.39 is 48.6 Å². The number of piperidine rings is 1. The van der Waals surface area contributed by atoms with Crippen LogP contribution in [0.3, 0.4) is 0 Å². The zero-order valence-corrected chi connectivity index (χ0v) is 33.7. The molecule has 2 saturated carbocycles. The van der Waals surface area contributed by atoms with Crippen LogP contribution < -0.4 is 0 Å². The summed E-state index contributed by atoms with van der Waals surface area (Å²) in [6.07, 6.45) is 7.61. The van der Waals surface area contributed by atoms with E-state index in [-0.39, 0.29) is 35.2 Å². The Morgan fingerprint density at radius 1 is 0.982 bits per heavy atom. The van der Waals surface area contributed by atoms with Gasteiger partial charge < -0.3 is 28.8 Å². The number of nitrogens with zero attached hydrogens (tertiary/aromatic N) is 4. The lowest BCUT2D eigenvalue weighted by molar-refractivity contribution is -0.261. The number of carbonyl (C=O) groups excluding carboxylic acids is 3. The van der Waals surface area contributed by atoms with Gasteiger partial charge in [0.15, 0.2) is 24.5 Å². The summed E-state index contributed by atoms with van der Waals surface area (Å²) in [5.41, 5.74) is 5.26. The predicted octanol–water partition coefficient (Wildman–Crippen LogP) is 5.22. The minimum Gasteiger partial charge on any atom is -0.456 e. The number of rotatable bonds is 6. The van der Waals surface area contributed by atoms with Crippen LogP contribution in [-0.4, -0.2) is 97.7 Å². The Kier molecular flexibility index (Phi) is 10.1. The molecule has 13 nitrogen and oxygen atoms in total. The van der Waals surface area contributed by atoms with Crippen LogP contribution in [0.5, 0.6) is 0 Å². The maximum Gasteiger partial charge on any atom is 0.303 e. The van der Waals surface area contributed by atoms with Crippen molar-refractivity contribution in [1.29, 1.82) is 0 Å². The first-order chi connectivity index (χ1) is 26.1. The highest BCUT2D eigenvalue weighted by Crippen LogP contribution is 2.65. The lowest BCUT2D eigenvalue weighted by Gasteiger charge is -2.49. The first-order valence-corrected chi connectivity index (χ1v) is 20.7. The SMILES string of the molecule is CC(=O)OC1[C@@H](OC(C)=O)C(C)O[C@@H](n2cc(CN3C[C@@H](C)C[C@H]4O[C@]5(CC[C@@H]6C(=C5C)C[C@H]5[C@H]6CC=C6C[C@@H](O)CC[C@@]65C)[C@H](C)[C@@H]43)nn2)[C@H]1OC(C)=O. The monoisotopic (exact) mass is 764 g/mol. The molecule has 1 spiro atoms. The molecule has 0 radical (unpaired) electrons. The van der Waals surface area contributed by atoms with Crippen LogP contribution in [0.2, 0.25) is 0 Å². The molecule has 4 aliphatic carbocycles. The molecule has 8 rings (SSSR count). The number of esters is 3. The molecule has 2 unspecified atom stereocenters. The minimum atomic E-state index is -1.14. The molecule has 0 aromatic carbocycles. The third kappa shape index (κ3) is 6.58. The second-order valence-corrected chi connectivity index (χ2v) is 18.3. The molecule has 1 aromatic heterocycles. The number of aromatic nitrogens is 3. The van der Waals surface area contributed by atoms with Gasteiger partial charge in [-0.2, -0.15) is 0 Å². The van der Waals surface area contributed by atoms with Gasteiger partial charge in [0.05, 0.1) is 35.8 Å². The van der Waals surface area contributed by atoms with E-state index in [4.69, 9.17) is 23.7 Å². The Labute approximate surface area is 324 Å². The maximum absolute atomic E-state index is 12.3. The van der Waals surface area contributed by atoms with E-state index in [0.29, 0.717) is 30.2 Å². The first kappa shape index (κ1) is 38.7. The van der Waals surface area contributed by atoms with Crippen molar-refractivity contribution in [2.45, 2.75) is 168 Å². The summed E-state index contributed by atoms with van der Waals surface area (Å²) in [6.45, 7) is 16.5. The summed E-state index contributed by atoms with van der Waals surface area (Å²) in [7, 11) is 0. The predicted molar refractivity (Wildman–Crippen MR) is 199 cm³/mol. The molecule has 3 aliphatic heterocycles. The second-order valence-electron chi connectivity index (χ2n) is 18.3. The lowest BCUT2D eigenvalue weighted by Crippen LogP contribution is -2.58. The third-order valence-corrected chi connectivity index (χ3v) is 14.9. The van der Waals surface area contributed by atoms with Crippen molar-refractivity contribution in [3.63, 3.8) is 0 Å². The van der Waals surface area contributed by atoms with Crippen molar-refractivity contribution in [2.24, 2.45) is 35.0 Å². The van der Waals surface area contributed by atoms with Gasteiger partial charge >= 0.3 is 17.9 Å². The first-order valence-electron chi connectivity index (χ1n) is 20.7. The molecule has 302 valence electrons. The fourth-order valence-corrected chi connectivity index (χ4v) is 12.6. The van der Waals surface area contributed by atoms with Crippen LogP contribution >= 0.6 is 0 Å². The largest absolute Gasteiger partial charge is 0.456 e. The molecule has 0 amide bonds. The van der Waals surface area contributed by atoms with Crippen LogP contribution in [0.1, 0.15) is 119 Å². The Morgan fingerprint density at radius 3 is 2.42 bits per heavy atom. The molecule has 1 aromatic rings. The average molecular weight is 765 g/mol. The van der Waals surface area contributed by atoms with Crippen molar-refractivity contribution in [1.82, 2.24) is 19.9 Å². The van der Waals surface area contributed by atoms with Gasteiger partial charge in [0.1, 0.15) is 0 Å². The summed E-state index contributed by atoms with van der Waals surface area (Å²) in [5.74, 6) is 0.853. The zero-order valence-electron chi connectivity index (χ0n) is 33.7. The normalized spacial score (nSPS) is 43.9. The van der Waals surface area contributed by atoms with E-state index in [2.05, 4.69) is 49.0 Å². The quantitative estimate of drug-likeness (QED) is 0.230. The number of likely N-dealkylation sites (tertiary alicyclic amines) is 1. The van der Waals surface area contributed by atoms with Crippen molar-refractivity contribution in [3.05, 3.63) is 34.7 Å². The average Bonchev–Trinajstić information content (AvgIpc) is 3.81. The lowest BCUT2D eigenvalue weighted by atomic mass is 9.56. The second kappa shape index (κ2) is 14.4. The maximum atomic E-state index is 12.3. The molecule has 55 heavy (non-hydrogen) atoms. The van der Waals surface area contributed by atoms with Crippen LogP contribution in [0.15, 0.2) is 29.0 Å². The smallest absolute Gasteiger partial charge is 0.303 e. The Bertz CT molecular complexity index is 1760. The van der Waals surface area contributed by atoms with Gasteiger partial charge in [0, 0.05) is 45.8 Å². The van der Waals surface area contributed by atoms with Gasteiger partial charge in [-0.15, -0.1) is 5.10 Å². The van der Waals surface area contributed by atoms with Crippen molar-refractivity contribution in [3.8, 4) is 0 Å². The van der Waals surface area contributed by atoms with E-state index in [0.717, 1.165) is 57.2 Å². The van der Waals surface area contributed by atoms with Crippen molar-refractivity contribution >= 4 is 17.9 Å². The minimum absolute atomic E-state index is 0.105. The molecule has 15 atom stereocenters. The molecule has 1 N–H and O–H groups in total. The number of allylic oxidation sites excluding steroid dienone is 2. The highest BCUT2D eigenvalue weighted by Gasteiger charge is 2.62. The molecular formula is C42H60N4O9. The number of aliphatic hydroxyl groups excluding tert-OH is 1. The molecule has 4 heterocycles. The van der Waals surface area contributed by atoms with Gasteiger partial charge in [-0.1, -0.05) is 43.2 Å². The number of hydrogen-bond acceptors (Lipinski definition) is 12.